The monoisotopic (exact) mass is 330 g/mol. The molecule has 1 fully saturated rings. The average Bonchev–Trinajstić information content (AvgIpc) is 2.45. The first-order valence-electron chi connectivity index (χ1n) is 6.86. The zero-order chi connectivity index (χ0) is 15.6. The third-order valence-corrected chi connectivity index (χ3v) is 4.38. The van der Waals surface area contributed by atoms with E-state index in [0.29, 0.717) is 12.3 Å². The highest BCUT2D eigenvalue weighted by molar-refractivity contribution is 6.60. The Morgan fingerprint density at radius 3 is 2.62 bits per heavy atom. The number of amides is 1. The van der Waals surface area contributed by atoms with Crippen LogP contribution < -0.4 is 4.74 Å². The van der Waals surface area contributed by atoms with Gasteiger partial charge >= 0.3 is 0 Å². The van der Waals surface area contributed by atoms with Crippen LogP contribution in [-0.4, -0.2) is 54.3 Å². The number of β-lactam (4-membered cyclic amide) rings is 1. The fraction of sp³-hybridized carbons (Fsp3) is 0.533. The number of alkyl halides is 2. The Hall–Kier alpha value is -0.970. The predicted molar refractivity (Wildman–Crippen MR) is 85.1 cm³/mol. The van der Waals surface area contributed by atoms with Gasteiger partial charge in [0, 0.05) is 12.1 Å². The molecule has 21 heavy (non-hydrogen) atoms. The molecule has 2 rings (SSSR count). The van der Waals surface area contributed by atoms with E-state index in [9.17, 15) is 4.79 Å². The van der Waals surface area contributed by atoms with Crippen LogP contribution in [0, 0.1) is 0 Å². The highest BCUT2D eigenvalue weighted by Gasteiger charge is 2.60. The molecule has 1 aromatic rings. The molecule has 0 aliphatic carbocycles. The molecule has 1 aliphatic heterocycles. The SMILES string of the molecule is COc1ccccc1C1N(CCCN(C)C)C(=O)C1(Cl)Cl. The normalized spacial score (nSPS) is 20.6. The number of ether oxygens (including phenoxy) is 1. The Morgan fingerprint density at radius 1 is 1.33 bits per heavy atom. The highest BCUT2D eigenvalue weighted by Crippen LogP contribution is 2.52. The molecule has 0 saturated carbocycles. The van der Waals surface area contributed by atoms with Gasteiger partial charge in [-0.3, -0.25) is 4.79 Å². The van der Waals surface area contributed by atoms with Crippen molar-refractivity contribution in [2.45, 2.75) is 16.8 Å². The second kappa shape index (κ2) is 6.42. The molecule has 1 saturated heterocycles. The molecule has 1 atom stereocenters. The van der Waals surface area contributed by atoms with Gasteiger partial charge in [-0.05, 0) is 33.1 Å². The number of carbonyl (C=O) groups is 1. The standard InChI is InChI=1S/C15H20Cl2N2O2/c1-18(2)9-6-10-19-13(15(16,17)14(19)20)11-7-4-5-8-12(11)21-3/h4-5,7-8,13H,6,9-10H2,1-3H3. The Morgan fingerprint density at radius 2 is 2.00 bits per heavy atom. The van der Waals surface area contributed by atoms with Gasteiger partial charge in [0.15, 0.2) is 0 Å². The van der Waals surface area contributed by atoms with E-state index in [4.69, 9.17) is 27.9 Å². The second-order valence-corrected chi connectivity index (χ2v) is 6.81. The molecule has 116 valence electrons. The third kappa shape index (κ3) is 3.12. The van der Waals surface area contributed by atoms with Crippen LogP contribution in [0.25, 0.3) is 0 Å². The minimum Gasteiger partial charge on any atom is -0.496 e. The first-order valence-corrected chi connectivity index (χ1v) is 7.61. The van der Waals surface area contributed by atoms with E-state index < -0.39 is 4.33 Å². The lowest BCUT2D eigenvalue weighted by molar-refractivity contribution is -0.148. The van der Waals surface area contributed by atoms with Crippen LogP contribution in [0.3, 0.4) is 0 Å². The van der Waals surface area contributed by atoms with E-state index in [2.05, 4.69) is 4.90 Å². The predicted octanol–water partition coefficient (Wildman–Crippen LogP) is 2.70. The summed E-state index contributed by atoms with van der Waals surface area (Å²) >= 11 is 12.5. The van der Waals surface area contributed by atoms with Gasteiger partial charge in [-0.1, -0.05) is 41.4 Å². The number of hydrogen-bond donors (Lipinski definition) is 0. The number of likely N-dealkylation sites (tertiary alicyclic amines) is 1. The molecule has 0 radical (unpaired) electrons. The summed E-state index contributed by atoms with van der Waals surface area (Å²) in [6, 6.07) is 7.15. The molecule has 0 spiro atoms. The Labute approximate surface area is 135 Å². The summed E-state index contributed by atoms with van der Waals surface area (Å²) in [5.74, 6) is 0.457. The smallest absolute Gasteiger partial charge is 0.262 e. The summed E-state index contributed by atoms with van der Waals surface area (Å²) in [7, 11) is 5.60. The first kappa shape index (κ1) is 16.4. The summed E-state index contributed by atoms with van der Waals surface area (Å²) in [6.45, 7) is 1.53. The van der Waals surface area contributed by atoms with Crippen molar-refractivity contribution in [1.82, 2.24) is 9.80 Å². The maximum absolute atomic E-state index is 12.2. The van der Waals surface area contributed by atoms with Gasteiger partial charge in [-0.25, -0.2) is 0 Å². The Kier molecular flexibility index (Phi) is 5.02. The van der Waals surface area contributed by atoms with Crippen LogP contribution in [0.15, 0.2) is 24.3 Å². The maximum atomic E-state index is 12.2. The van der Waals surface area contributed by atoms with E-state index in [1.54, 1.807) is 12.0 Å². The number of carbonyl (C=O) groups excluding carboxylic acids is 1. The number of halogens is 2. The van der Waals surface area contributed by atoms with Crippen LogP contribution >= 0.6 is 23.2 Å². The summed E-state index contributed by atoms with van der Waals surface area (Å²) in [6.07, 6.45) is 0.869. The van der Waals surface area contributed by atoms with E-state index in [-0.39, 0.29) is 11.9 Å². The molecule has 6 heteroatoms. The molecule has 0 N–H and O–H groups in total. The van der Waals surface area contributed by atoms with Gasteiger partial charge in [0.25, 0.3) is 5.91 Å². The van der Waals surface area contributed by atoms with Crippen LogP contribution in [0.2, 0.25) is 0 Å². The molecule has 1 amide bonds. The quantitative estimate of drug-likeness (QED) is 0.594. The molecule has 1 unspecified atom stereocenters. The van der Waals surface area contributed by atoms with Crippen molar-refractivity contribution in [2.75, 3.05) is 34.3 Å². The van der Waals surface area contributed by atoms with E-state index in [1.807, 2.05) is 38.4 Å². The van der Waals surface area contributed by atoms with E-state index in [1.165, 1.54) is 0 Å². The Bertz CT molecular complexity index is 520. The van der Waals surface area contributed by atoms with Crippen molar-refractivity contribution >= 4 is 29.1 Å². The van der Waals surface area contributed by atoms with Gasteiger partial charge in [0.05, 0.1) is 7.11 Å². The van der Waals surface area contributed by atoms with Gasteiger partial charge < -0.3 is 14.5 Å². The summed E-state index contributed by atoms with van der Waals surface area (Å²) in [4.78, 5) is 16.0. The van der Waals surface area contributed by atoms with E-state index in [0.717, 1.165) is 18.5 Å². The maximum Gasteiger partial charge on any atom is 0.262 e. The van der Waals surface area contributed by atoms with Crippen LogP contribution in [0.5, 0.6) is 5.75 Å². The number of benzene rings is 1. The van der Waals surface area contributed by atoms with E-state index >= 15 is 0 Å². The zero-order valence-corrected chi connectivity index (χ0v) is 14.0. The van der Waals surface area contributed by atoms with Crippen LogP contribution in [-0.2, 0) is 4.79 Å². The number of methoxy groups -OCH3 is 1. The van der Waals surface area contributed by atoms with Crippen molar-refractivity contribution < 1.29 is 9.53 Å². The van der Waals surface area contributed by atoms with Crippen molar-refractivity contribution in [3.05, 3.63) is 29.8 Å². The topological polar surface area (TPSA) is 32.8 Å². The van der Waals surface area contributed by atoms with Gasteiger partial charge in [0.1, 0.15) is 11.8 Å². The van der Waals surface area contributed by atoms with Gasteiger partial charge in [0.2, 0.25) is 4.33 Å². The number of para-hydroxylation sites is 1. The average molecular weight is 331 g/mol. The minimum absolute atomic E-state index is 0.236. The Balaban J connectivity index is 2.19. The molecular weight excluding hydrogens is 311 g/mol. The minimum atomic E-state index is -1.41. The van der Waals surface area contributed by atoms with Crippen molar-refractivity contribution in [3.63, 3.8) is 0 Å². The van der Waals surface area contributed by atoms with Crippen LogP contribution in [0.4, 0.5) is 0 Å². The zero-order valence-electron chi connectivity index (χ0n) is 12.5. The molecule has 0 bridgehead atoms. The molecule has 4 nitrogen and oxygen atoms in total. The summed E-state index contributed by atoms with van der Waals surface area (Å²) < 4.78 is 3.95. The number of rotatable bonds is 6. The second-order valence-electron chi connectivity index (χ2n) is 5.42. The van der Waals surface area contributed by atoms with Crippen molar-refractivity contribution in [1.29, 1.82) is 0 Å². The van der Waals surface area contributed by atoms with Crippen molar-refractivity contribution in [3.8, 4) is 5.75 Å². The number of nitrogens with zero attached hydrogens (tertiary/aromatic N) is 2. The lowest BCUT2D eigenvalue weighted by Gasteiger charge is -2.49. The highest BCUT2D eigenvalue weighted by atomic mass is 35.5. The molecule has 1 heterocycles. The lowest BCUT2D eigenvalue weighted by Crippen LogP contribution is -2.62. The van der Waals surface area contributed by atoms with Crippen molar-refractivity contribution in [2.24, 2.45) is 0 Å². The molecule has 0 aromatic heterocycles. The van der Waals surface area contributed by atoms with Gasteiger partial charge in [-0.2, -0.15) is 0 Å². The molecular formula is C15H20Cl2N2O2. The first-order chi connectivity index (χ1) is 9.89. The number of hydrogen-bond acceptors (Lipinski definition) is 3. The fourth-order valence-corrected chi connectivity index (χ4v) is 3.29. The third-order valence-electron chi connectivity index (χ3n) is 3.64. The summed E-state index contributed by atoms with van der Waals surface area (Å²) in [5.41, 5.74) is 0.842. The lowest BCUT2D eigenvalue weighted by atomic mass is 9.91. The molecule has 1 aromatic carbocycles. The van der Waals surface area contributed by atoms with Crippen LogP contribution in [0.1, 0.15) is 18.0 Å². The molecule has 1 aliphatic rings. The summed E-state index contributed by atoms with van der Waals surface area (Å²) in [5, 5.41) is 0. The fourth-order valence-electron chi connectivity index (χ4n) is 2.60. The largest absolute Gasteiger partial charge is 0.496 e. The van der Waals surface area contributed by atoms with Gasteiger partial charge in [-0.15, -0.1) is 0 Å².